The van der Waals surface area contributed by atoms with Crippen molar-refractivity contribution in [3.05, 3.63) is 49.6 Å². The zero-order valence-electron chi connectivity index (χ0n) is 12.4. The molecule has 0 spiro atoms. The minimum Gasteiger partial charge on any atom is -0.496 e. The van der Waals surface area contributed by atoms with Crippen LogP contribution in [0.25, 0.3) is 0 Å². The van der Waals surface area contributed by atoms with Gasteiger partial charge in [0.15, 0.2) is 0 Å². The van der Waals surface area contributed by atoms with Crippen LogP contribution in [0.15, 0.2) is 24.3 Å². The molecule has 5 heteroatoms. The van der Waals surface area contributed by atoms with Crippen LogP contribution in [-0.4, -0.2) is 13.7 Å². The lowest BCUT2D eigenvalue weighted by molar-refractivity contribution is 0.403. The number of hydrogen-bond acceptors (Lipinski definition) is 3. The second-order valence-electron chi connectivity index (χ2n) is 4.91. The van der Waals surface area contributed by atoms with Crippen LogP contribution in [0.2, 0.25) is 8.67 Å². The lowest BCUT2D eigenvalue weighted by Gasteiger charge is -2.21. The number of rotatable bonds is 6. The number of hydrogen-bond donors (Lipinski definition) is 1. The van der Waals surface area contributed by atoms with Crippen molar-refractivity contribution in [3.63, 3.8) is 0 Å². The highest BCUT2D eigenvalue weighted by Crippen LogP contribution is 2.40. The van der Waals surface area contributed by atoms with Gasteiger partial charge in [0, 0.05) is 11.1 Å². The Morgan fingerprint density at radius 1 is 1.24 bits per heavy atom. The van der Waals surface area contributed by atoms with E-state index in [2.05, 4.69) is 25.2 Å². The first-order valence-electron chi connectivity index (χ1n) is 6.89. The molecule has 0 aliphatic carbocycles. The molecule has 1 N–H and O–H groups in total. The van der Waals surface area contributed by atoms with Gasteiger partial charge in [-0.3, -0.25) is 0 Å². The number of aryl methyl sites for hydroxylation is 1. The van der Waals surface area contributed by atoms with E-state index in [1.165, 1.54) is 16.9 Å². The molecule has 2 aromatic rings. The first-order valence-corrected chi connectivity index (χ1v) is 8.46. The van der Waals surface area contributed by atoms with Crippen molar-refractivity contribution >= 4 is 34.5 Å². The summed E-state index contributed by atoms with van der Waals surface area (Å²) in [6, 6.07) is 8.09. The fourth-order valence-electron chi connectivity index (χ4n) is 2.31. The van der Waals surface area contributed by atoms with Gasteiger partial charge in [-0.25, -0.2) is 0 Å². The molecule has 0 bridgehead atoms. The van der Waals surface area contributed by atoms with Gasteiger partial charge in [0.1, 0.15) is 5.75 Å². The Kier molecular flexibility index (Phi) is 5.94. The topological polar surface area (TPSA) is 21.3 Å². The molecule has 0 aliphatic rings. The predicted octanol–water partition coefficient (Wildman–Crippen LogP) is 5.46. The summed E-state index contributed by atoms with van der Waals surface area (Å²) in [5.41, 5.74) is 3.28. The molecule has 0 saturated carbocycles. The Morgan fingerprint density at radius 3 is 2.57 bits per heavy atom. The van der Waals surface area contributed by atoms with E-state index in [1.807, 2.05) is 18.2 Å². The third kappa shape index (κ3) is 3.92. The van der Waals surface area contributed by atoms with Gasteiger partial charge in [0.25, 0.3) is 0 Å². The van der Waals surface area contributed by atoms with Gasteiger partial charge < -0.3 is 10.1 Å². The van der Waals surface area contributed by atoms with E-state index in [4.69, 9.17) is 27.9 Å². The van der Waals surface area contributed by atoms with Crippen LogP contribution >= 0.6 is 34.5 Å². The maximum atomic E-state index is 6.36. The van der Waals surface area contributed by atoms with E-state index in [0.717, 1.165) is 34.2 Å². The van der Waals surface area contributed by atoms with E-state index >= 15 is 0 Å². The average Bonchev–Trinajstić information content (AvgIpc) is 2.78. The first kappa shape index (κ1) is 16.6. The predicted molar refractivity (Wildman–Crippen MR) is 92.2 cm³/mol. The molecule has 0 radical (unpaired) electrons. The minimum atomic E-state index is -0.0175. The van der Waals surface area contributed by atoms with Crippen LogP contribution in [0.1, 0.15) is 36.1 Å². The summed E-state index contributed by atoms with van der Waals surface area (Å²) < 4.78 is 6.94. The van der Waals surface area contributed by atoms with Crippen LogP contribution in [0.5, 0.6) is 5.75 Å². The maximum Gasteiger partial charge on any atom is 0.124 e. The molecule has 0 amide bonds. The number of benzene rings is 1. The largest absolute Gasteiger partial charge is 0.496 e. The summed E-state index contributed by atoms with van der Waals surface area (Å²) in [5.74, 6) is 0.854. The molecule has 114 valence electrons. The molecule has 0 fully saturated rings. The van der Waals surface area contributed by atoms with Crippen LogP contribution < -0.4 is 10.1 Å². The number of halogens is 2. The standard InChI is InChI=1S/C16H19Cl2NOS/c1-4-7-19-15(12-9-14(17)21-16(12)18)11-8-10(2)5-6-13(11)20-3/h5-6,8-9,15,19H,4,7H2,1-3H3. The fourth-order valence-corrected chi connectivity index (χ4v) is 3.84. The SMILES string of the molecule is CCCNC(c1cc(C)ccc1OC)c1cc(Cl)sc1Cl. The molecule has 1 unspecified atom stereocenters. The molecule has 21 heavy (non-hydrogen) atoms. The Labute approximate surface area is 140 Å². The number of nitrogens with one attached hydrogen (secondary N) is 1. The molecule has 1 atom stereocenters. The highest BCUT2D eigenvalue weighted by atomic mass is 35.5. The van der Waals surface area contributed by atoms with Crippen LogP contribution in [-0.2, 0) is 0 Å². The van der Waals surface area contributed by atoms with Crippen molar-refractivity contribution < 1.29 is 4.74 Å². The van der Waals surface area contributed by atoms with Crippen molar-refractivity contribution in [2.75, 3.05) is 13.7 Å². The van der Waals surface area contributed by atoms with Gasteiger partial charge in [0.05, 0.1) is 21.8 Å². The van der Waals surface area contributed by atoms with E-state index < -0.39 is 0 Å². The quantitative estimate of drug-likeness (QED) is 0.751. The van der Waals surface area contributed by atoms with Crippen LogP contribution in [0.3, 0.4) is 0 Å². The fraction of sp³-hybridized carbons (Fsp3) is 0.375. The third-order valence-electron chi connectivity index (χ3n) is 3.29. The number of ether oxygens (including phenoxy) is 1. The summed E-state index contributed by atoms with van der Waals surface area (Å²) in [7, 11) is 1.69. The summed E-state index contributed by atoms with van der Waals surface area (Å²) in [6.45, 7) is 5.10. The zero-order valence-corrected chi connectivity index (χ0v) is 14.7. The molecule has 0 saturated heterocycles. The lowest BCUT2D eigenvalue weighted by atomic mass is 9.98. The van der Waals surface area contributed by atoms with Crippen LogP contribution in [0, 0.1) is 6.92 Å². The van der Waals surface area contributed by atoms with E-state index in [0.29, 0.717) is 4.34 Å². The van der Waals surface area contributed by atoms with Crippen molar-refractivity contribution in [2.45, 2.75) is 26.3 Å². The van der Waals surface area contributed by atoms with Gasteiger partial charge in [0.2, 0.25) is 0 Å². The van der Waals surface area contributed by atoms with Crippen molar-refractivity contribution in [1.29, 1.82) is 0 Å². The summed E-state index contributed by atoms with van der Waals surface area (Å²) in [4.78, 5) is 0. The Bertz CT molecular complexity index is 612. The number of methoxy groups -OCH3 is 1. The smallest absolute Gasteiger partial charge is 0.124 e. The van der Waals surface area contributed by atoms with E-state index in [1.54, 1.807) is 7.11 Å². The molecular formula is C16H19Cl2NOS. The number of thiophene rings is 1. The van der Waals surface area contributed by atoms with Gasteiger partial charge in [-0.1, -0.05) is 47.8 Å². The molecule has 1 aromatic carbocycles. The van der Waals surface area contributed by atoms with Crippen LogP contribution in [0.4, 0.5) is 0 Å². The summed E-state index contributed by atoms with van der Waals surface area (Å²) in [5, 5.41) is 3.54. The first-order chi connectivity index (χ1) is 10.1. The van der Waals surface area contributed by atoms with Crippen molar-refractivity contribution in [3.8, 4) is 5.75 Å². The zero-order chi connectivity index (χ0) is 15.4. The Morgan fingerprint density at radius 2 is 2.00 bits per heavy atom. The summed E-state index contributed by atoms with van der Waals surface area (Å²) >= 11 is 13.9. The van der Waals surface area contributed by atoms with Gasteiger partial charge >= 0.3 is 0 Å². The maximum absolute atomic E-state index is 6.36. The lowest BCUT2D eigenvalue weighted by Crippen LogP contribution is -2.23. The monoisotopic (exact) mass is 343 g/mol. The Hall–Kier alpha value is -0.740. The molecule has 2 rings (SSSR count). The second-order valence-corrected chi connectivity index (χ2v) is 7.20. The minimum absolute atomic E-state index is 0.0175. The molecule has 2 nitrogen and oxygen atoms in total. The highest BCUT2D eigenvalue weighted by Gasteiger charge is 2.22. The Balaban J connectivity index is 2.50. The molecule has 1 heterocycles. The van der Waals surface area contributed by atoms with Gasteiger partial charge in [-0.2, -0.15) is 0 Å². The highest BCUT2D eigenvalue weighted by molar-refractivity contribution is 7.20. The van der Waals surface area contributed by atoms with E-state index in [-0.39, 0.29) is 6.04 Å². The van der Waals surface area contributed by atoms with E-state index in [9.17, 15) is 0 Å². The van der Waals surface area contributed by atoms with Gasteiger partial charge in [-0.05, 0) is 32.0 Å². The average molecular weight is 344 g/mol. The van der Waals surface area contributed by atoms with Crippen molar-refractivity contribution in [1.82, 2.24) is 5.32 Å². The second kappa shape index (κ2) is 7.50. The summed E-state index contributed by atoms with van der Waals surface area (Å²) in [6.07, 6.45) is 1.04. The third-order valence-corrected chi connectivity index (χ3v) is 4.81. The molecular weight excluding hydrogens is 325 g/mol. The molecule has 1 aromatic heterocycles. The molecule has 0 aliphatic heterocycles. The normalized spacial score (nSPS) is 12.4. The van der Waals surface area contributed by atoms with Gasteiger partial charge in [-0.15, -0.1) is 11.3 Å². The van der Waals surface area contributed by atoms with Crippen molar-refractivity contribution in [2.24, 2.45) is 0 Å².